The second kappa shape index (κ2) is 5.20. The Morgan fingerprint density at radius 1 is 1.26 bits per heavy atom. The van der Waals surface area contributed by atoms with Gasteiger partial charge in [-0.25, -0.2) is 4.98 Å². The minimum atomic E-state index is -1.60. The molecular formula is C13H12Cl3N3. The Morgan fingerprint density at radius 2 is 1.89 bits per heavy atom. The van der Waals surface area contributed by atoms with Gasteiger partial charge in [-0.3, -0.25) is 0 Å². The number of nitrogens with zero attached hydrogens (tertiary/aromatic N) is 3. The lowest BCUT2D eigenvalue weighted by Crippen LogP contribution is -2.12. The number of imidazole rings is 1. The number of nitriles is 1. The zero-order chi connectivity index (χ0) is 14.2. The zero-order valence-corrected chi connectivity index (χ0v) is 12.8. The van der Waals surface area contributed by atoms with E-state index in [0.29, 0.717) is 18.8 Å². The van der Waals surface area contributed by atoms with Crippen LogP contribution in [-0.4, -0.2) is 9.55 Å². The molecule has 0 radical (unpaired) electrons. The number of halogens is 3. The molecule has 0 saturated carbocycles. The van der Waals surface area contributed by atoms with Crippen LogP contribution in [-0.2, 0) is 10.3 Å². The van der Waals surface area contributed by atoms with Gasteiger partial charge in [-0.15, -0.1) is 0 Å². The van der Waals surface area contributed by atoms with Gasteiger partial charge in [0.1, 0.15) is 0 Å². The van der Waals surface area contributed by atoms with Crippen molar-refractivity contribution in [2.45, 2.75) is 30.6 Å². The van der Waals surface area contributed by atoms with E-state index in [2.05, 4.69) is 11.1 Å². The van der Waals surface area contributed by atoms with E-state index >= 15 is 0 Å². The van der Waals surface area contributed by atoms with Gasteiger partial charge in [0.15, 0.2) is 5.82 Å². The predicted octanol–water partition coefficient (Wildman–Crippen LogP) is 4.39. The van der Waals surface area contributed by atoms with Gasteiger partial charge in [0, 0.05) is 6.54 Å². The molecule has 0 fully saturated rings. The fraction of sp³-hybridized carbons (Fsp3) is 0.385. The minimum absolute atomic E-state index is 0.339. The van der Waals surface area contributed by atoms with Crippen molar-refractivity contribution in [3.05, 3.63) is 29.1 Å². The summed E-state index contributed by atoms with van der Waals surface area (Å²) < 4.78 is 0.203. The maximum absolute atomic E-state index is 8.75. The van der Waals surface area contributed by atoms with E-state index in [0.717, 1.165) is 22.2 Å². The van der Waals surface area contributed by atoms with Gasteiger partial charge in [0.25, 0.3) is 0 Å². The molecule has 0 spiro atoms. The number of aryl methyl sites for hydroxylation is 3. The largest absolute Gasteiger partial charge is 0.323 e. The molecule has 0 unspecified atom stereocenters. The van der Waals surface area contributed by atoms with E-state index in [1.807, 2.05) is 26.0 Å². The third kappa shape index (κ3) is 2.81. The second-order valence-corrected chi connectivity index (χ2v) is 6.70. The van der Waals surface area contributed by atoms with Gasteiger partial charge in [-0.2, -0.15) is 5.26 Å². The minimum Gasteiger partial charge on any atom is -0.323 e. The van der Waals surface area contributed by atoms with E-state index < -0.39 is 3.79 Å². The molecule has 0 aliphatic heterocycles. The van der Waals surface area contributed by atoms with Crippen molar-refractivity contribution in [3.8, 4) is 6.07 Å². The Labute approximate surface area is 126 Å². The number of alkyl halides is 3. The van der Waals surface area contributed by atoms with Crippen LogP contribution >= 0.6 is 34.8 Å². The summed E-state index contributed by atoms with van der Waals surface area (Å²) in [6.45, 7) is 4.49. The highest BCUT2D eigenvalue weighted by molar-refractivity contribution is 6.66. The molecule has 2 aromatic rings. The molecule has 1 aromatic heterocycles. The molecule has 100 valence electrons. The summed E-state index contributed by atoms with van der Waals surface area (Å²) in [5, 5.41) is 8.75. The first-order valence-electron chi connectivity index (χ1n) is 5.76. The fourth-order valence-electron chi connectivity index (χ4n) is 1.98. The highest BCUT2D eigenvalue weighted by atomic mass is 35.6. The lowest BCUT2D eigenvalue weighted by atomic mass is 10.1. The Bertz CT molecular complexity index is 662. The van der Waals surface area contributed by atoms with E-state index in [-0.39, 0.29) is 0 Å². The average Bonchev–Trinajstić information content (AvgIpc) is 2.65. The van der Waals surface area contributed by atoms with Gasteiger partial charge >= 0.3 is 0 Å². The molecule has 3 nitrogen and oxygen atoms in total. The normalized spacial score (nSPS) is 11.8. The van der Waals surface area contributed by atoms with E-state index in [1.165, 1.54) is 0 Å². The topological polar surface area (TPSA) is 41.6 Å². The van der Waals surface area contributed by atoms with Crippen LogP contribution in [0.4, 0.5) is 0 Å². The average molecular weight is 317 g/mol. The number of rotatable bonds is 2. The smallest absolute Gasteiger partial charge is 0.248 e. The first kappa shape index (κ1) is 14.5. The summed E-state index contributed by atoms with van der Waals surface area (Å²) in [6, 6.07) is 6.07. The Morgan fingerprint density at radius 3 is 2.47 bits per heavy atom. The first-order valence-corrected chi connectivity index (χ1v) is 6.89. The maximum atomic E-state index is 8.75. The fourth-order valence-corrected chi connectivity index (χ4v) is 2.42. The highest BCUT2D eigenvalue weighted by Crippen LogP contribution is 2.39. The van der Waals surface area contributed by atoms with Crippen LogP contribution in [0.5, 0.6) is 0 Å². The zero-order valence-electron chi connectivity index (χ0n) is 10.5. The molecule has 0 N–H and O–H groups in total. The number of aromatic nitrogens is 2. The predicted molar refractivity (Wildman–Crippen MR) is 78.7 cm³/mol. The second-order valence-electron chi connectivity index (χ2n) is 4.42. The van der Waals surface area contributed by atoms with E-state index in [4.69, 9.17) is 40.1 Å². The highest BCUT2D eigenvalue weighted by Gasteiger charge is 2.30. The quantitative estimate of drug-likeness (QED) is 0.771. The monoisotopic (exact) mass is 315 g/mol. The van der Waals surface area contributed by atoms with Gasteiger partial charge < -0.3 is 4.57 Å². The lowest BCUT2D eigenvalue weighted by molar-refractivity contribution is 0.692. The van der Waals surface area contributed by atoms with Crippen molar-refractivity contribution in [1.82, 2.24) is 9.55 Å². The van der Waals surface area contributed by atoms with Crippen LogP contribution in [0.1, 0.15) is 23.4 Å². The van der Waals surface area contributed by atoms with Crippen LogP contribution in [0, 0.1) is 25.2 Å². The molecule has 0 aliphatic rings. The van der Waals surface area contributed by atoms with Crippen LogP contribution < -0.4 is 0 Å². The Balaban J connectivity index is 2.71. The van der Waals surface area contributed by atoms with Gasteiger partial charge in [-0.1, -0.05) is 34.8 Å². The van der Waals surface area contributed by atoms with Gasteiger partial charge in [0.2, 0.25) is 3.79 Å². The molecule has 1 aromatic carbocycles. The Kier molecular flexibility index (Phi) is 3.96. The SMILES string of the molecule is Cc1cc2nc(C(Cl)(Cl)Cl)n(CCC#N)c2cc1C. The van der Waals surface area contributed by atoms with Crippen molar-refractivity contribution in [1.29, 1.82) is 5.26 Å². The van der Waals surface area contributed by atoms with Crippen LogP contribution in [0.15, 0.2) is 12.1 Å². The van der Waals surface area contributed by atoms with Crippen molar-refractivity contribution in [2.24, 2.45) is 0 Å². The number of hydrogen-bond donors (Lipinski definition) is 0. The van der Waals surface area contributed by atoms with Crippen LogP contribution in [0.25, 0.3) is 11.0 Å². The van der Waals surface area contributed by atoms with Gasteiger partial charge in [0.05, 0.1) is 23.5 Å². The summed E-state index contributed by atoms with van der Waals surface area (Å²) in [5.41, 5.74) is 3.94. The number of hydrogen-bond acceptors (Lipinski definition) is 2. The third-order valence-corrected chi connectivity index (χ3v) is 3.57. The number of fused-ring (bicyclic) bond motifs is 1. The van der Waals surface area contributed by atoms with Gasteiger partial charge in [-0.05, 0) is 37.1 Å². The maximum Gasteiger partial charge on any atom is 0.248 e. The van der Waals surface area contributed by atoms with Crippen LogP contribution in [0.3, 0.4) is 0 Å². The Hall–Kier alpha value is -0.950. The summed E-state index contributed by atoms with van der Waals surface area (Å²) in [5.74, 6) is 0.354. The summed E-state index contributed by atoms with van der Waals surface area (Å²) >= 11 is 17.9. The van der Waals surface area contributed by atoms with Crippen molar-refractivity contribution < 1.29 is 0 Å². The molecule has 2 rings (SSSR count). The van der Waals surface area contributed by atoms with E-state index in [1.54, 1.807) is 4.57 Å². The van der Waals surface area contributed by atoms with Crippen molar-refractivity contribution >= 4 is 45.8 Å². The summed E-state index contributed by atoms with van der Waals surface area (Å²) in [4.78, 5) is 4.40. The summed E-state index contributed by atoms with van der Waals surface area (Å²) in [6.07, 6.45) is 0.339. The molecule has 19 heavy (non-hydrogen) atoms. The molecule has 0 aliphatic carbocycles. The van der Waals surface area contributed by atoms with E-state index in [9.17, 15) is 0 Å². The molecule has 1 heterocycles. The molecule has 0 amide bonds. The molecule has 0 bridgehead atoms. The molecule has 6 heteroatoms. The standard InChI is InChI=1S/C13H12Cl3N3/c1-8-6-10-11(7-9(8)2)19(5-3-4-17)12(18-10)13(14,15)16/h6-7H,3,5H2,1-2H3. The molecule has 0 atom stereocenters. The lowest BCUT2D eigenvalue weighted by Gasteiger charge is -2.13. The van der Waals surface area contributed by atoms with Crippen molar-refractivity contribution in [2.75, 3.05) is 0 Å². The van der Waals surface area contributed by atoms with Crippen LogP contribution in [0.2, 0.25) is 0 Å². The molecular weight excluding hydrogens is 305 g/mol. The first-order chi connectivity index (χ1) is 8.84. The third-order valence-electron chi connectivity index (χ3n) is 3.06. The van der Waals surface area contributed by atoms with Crippen molar-refractivity contribution in [3.63, 3.8) is 0 Å². The number of benzene rings is 1. The summed E-state index contributed by atoms with van der Waals surface area (Å²) in [7, 11) is 0. The molecule has 0 saturated heterocycles.